The highest BCUT2D eigenvalue weighted by atomic mass is 16.6. The van der Waals surface area contributed by atoms with Gasteiger partial charge in [-0.3, -0.25) is 0 Å². The molecule has 1 heterocycles. The van der Waals surface area contributed by atoms with Gasteiger partial charge in [0.2, 0.25) is 0 Å². The highest BCUT2D eigenvalue weighted by Gasteiger charge is 2.53. The van der Waals surface area contributed by atoms with Crippen LogP contribution in [0.2, 0.25) is 0 Å². The van der Waals surface area contributed by atoms with Crippen molar-refractivity contribution in [2.45, 2.75) is 44.8 Å². The maximum atomic E-state index is 11.6. The van der Waals surface area contributed by atoms with Gasteiger partial charge in [-0.05, 0) is 33.6 Å². The van der Waals surface area contributed by atoms with E-state index in [2.05, 4.69) is 0 Å². The quantitative estimate of drug-likeness (QED) is 0.716. The van der Waals surface area contributed by atoms with Crippen LogP contribution >= 0.6 is 0 Å². The fourth-order valence-electron chi connectivity index (χ4n) is 1.83. The zero-order valence-electron chi connectivity index (χ0n) is 9.62. The number of carbonyl (C=O) groups is 1. The largest absolute Gasteiger partial charge is 0.444 e. The Morgan fingerprint density at radius 3 is 2.33 bits per heavy atom. The summed E-state index contributed by atoms with van der Waals surface area (Å²) < 4.78 is 5.23. The third-order valence-electron chi connectivity index (χ3n) is 3.06. The molecule has 4 nitrogen and oxygen atoms in total. The molecule has 0 unspecified atom stereocenters. The number of likely N-dealkylation sites (tertiary alicyclic amines) is 1. The maximum absolute atomic E-state index is 11.6. The van der Waals surface area contributed by atoms with Crippen LogP contribution in [0, 0.1) is 5.92 Å². The molecule has 1 saturated heterocycles. The van der Waals surface area contributed by atoms with Crippen LogP contribution in [0.5, 0.6) is 0 Å². The molecule has 2 aliphatic rings. The van der Waals surface area contributed by atoms with Crippen LogP contribution in [0.15, 0.2) is 0 Å². The van der Waals surface area contributed by atoms with E-state index in [0.717, 1.165) is 12.8 Å². The van der Waals surface area contributed by atoms with E-state index in [1.165, 1.54) is 0 Å². The van der Waals surface area contributed by atoms with Gasteiger partial charge in [-0.2, -0.15) is 0 Å². The van der Waals surface area contributed by atoms with Crippen LogP contribution in [0.25, 0.3) is 0 Å². The zero-order valence-corrected chi connectivity index (χ0v) is 9.62. The molecule has 0 radical (unpaired) electrons. The molecule has 2 rings (SSSR count). The van der Waals surface area contributed by atoms with Gasteiger partial charge >= 0.3 is 6.09 Å². The lowest BCUT2D eigenvalue weighted by Crippen LogP contribution is -2.56. The highest BCUT2D eigenvalue weighted by molar-refractivity contribution is 5.69. The number of nitrogens with zero attached hydrogens (tertiary/aromatic N) is 1. The van der Waals surface area contributed by atoms with Crippen LogP contribution in [0.4, 0.5) is 4.79 Å². The molecule has 4 heteroatoms. The van der Waals surface area contributed by atoms with Gasteiger partial charge < -0.3 is 14.7 Å². The molecule has 1 aliphatic carbocycles. The maximum Gasteiger partial charge on any atom is 0.410 e. The van der Waals surface area contributed by atoms with Crippen molar-refractivity contribution in [3.8, 4) is 0 Å². The molecule has 0 aromatic heterocycles. The molecule has 2 fully saturated rings. The van der Waals surface area contributed by atoms with Crippen molar-refractivity contribution >= 4 is 6.09 Å². The Morgan fingerprint density at radius 1 is 1.40 bits per heavy atom. The molecule has 0 aromatic rings. The number of ether oxygens (including phenoxy) is 1. The topological polar surface area (TPSA) is 49.8 Å². The summed E-state index contributed by atoms with van der Waals surface area (Å²) >= 11 is 0. The molecule has 1 aliphatic heterocycles. The average molecular weight is 213 g/mol. The Balaban J connectivity index is 1.77. The first-order chi connectivity index (χ1) is 6.80. The Morgan fingerprint density at radius 2 is 1.93 bits per heavy atom. The van der Waals surface area contributed by atoms with Crippen LogP contribution < -0.4 is 0 Å². The van der Waals surface area contributed by atoms with Gasteiger partial charge in [-0.1, -0.05) is 0 Å². The summed E-state index contributed by atoms with van der Waals surface area (Å²) in [6, 6.07) is 0. The summed E-state index contributed by atoms with van der Waals surface area (Å²) in [5, 5.41) is 9.80. The van der Waals surface area contributed by atoms with E-state index in [1.807, 2.05) is 20.8 Å². The monoisotopic (exact) mass is 213 g/mol. The van der Waals surface area contributed by atoms with Crippen molar-refractivity contribution in [2.75, 3.05) is 13.1 Å². The van der Waals surface area contributed by atoms with Crippen molar-refractivity contribution in [1.82, 2.24) is 4.90 Å². The second-order valence-electron chi connectivity index (χ2n) is 5.69. The molecule has 0 spiro atoms. The van der Waals surface area contributed by atoms with Crippen LogP contribution in [0.1, 0.15) is 33.6 Å². The van der Waals surface area contributed by atoms with Crippen molar-refractivity contribution < 1.29 is 14.6 Å². The summed E-state index contributed by atoms with van der Waals surface area (Å²) in [5.74, 6) is 0.269. The number of hydrogen-bond acceptors (Lipinski definition) is 3. The van der Waals surface area contributed by atoms with E-state index in [0.29, 0.717) is 13.1 Å². The first-order valence-electron chi connectivity index (χ1n) is 5.50. The average Bonchev–Trinajstić information content (AvgIpc) is 2.59. The lowest BCUT2D eigenvalue weighted by molar-refractivity contribution is -0.0395. The van der Waals surface area contributed by atoms with Gasteiger partial charge in [-0.15, -0.1) is 0 Å². The molecule has 0 aromatic carbocycles. The van der Waals surface area contributed by atoms with Crippen LogP contribution in [-0.4, -0.2) is 40.4 Å². The predicted molar refractivity (Wildman–Crippen MR) is 55.5 cm³/mol. The minimum atomic E-state index is -0.460. The molecule has 0 bridgehead atoms. The Hall–Kier alpha value is -0.770. The zero-order chi connectivity index (χ0) is 11.3. The summed E-state index contributed by atoms with van der Waals surface area (Å²) in [4.78, 5) is 13.2. The molecular formula is C11H19NO3. The lowest BCUT2D eigenvalue weighted by atomic mass is 9.92. The van der Waals surface area contributed by atoms with Crippen molar-refractivity contribution in [1.29, 1.82) is 0 Å². The minimum absolute atomic E-state index is 0.261. The van der Waals surface area contributed by atoms with E-state index >= 15 is 0 Å². The fraction of sp³-hybridized carbons (Fsp3) is 0.909. The molecular weight excluding hydrogens is 194 g/mol. The molecule has 15 heavy (non-hydrogen) atoms. The van der Waals surface area contributed by atoms with Crippen LogP contribution in [-0.2, 0) is 4.74 Å². The standard InChI is InChI=1S/C11H19NO3/c1-10(2,3)15-9(13)12-6-8(7-12)11(14)4-5-11/h8,14H,4-7H2,1-3H3. The van der Waals surface area contributed by atoms with Gasteiger partial charge in [0.15, 0.2) is 0 Å². The van der Waals surface area contributed by atoms with Gasteiger partial charge in [0, 0.05) is 19.0 Å². The fourth-order valence-corrected chi connectivity index (χ4v) is 1.83. The second-order valence-corrected chi connectivity index (χ2v) is 5.69. The molecule has 86 valence electrons. The van der Waals surface area contributed by atoms with Gasteiger partial charge in [0.05, 0.1) is 5.60 Å². The second kappa shape index (κ2) is 3.11. The number of hydrogen-bond donors (Lipinski definition) is 1. The normalized spacial score (nSPS) is 24.7. The molecule has 1 amide bonds. The number of aliphatic hydroxyl groups is 1. The molecule has 0 atom stereocenters. The Kier molecular flexibility index (Phi) is 2.23. The highest BCUT2D eigenvalue weighted by Crippen LogP contribution is 2.46. The SMILES string of the molecule is CC(C)(C)OC(=O)N1CC(C2(O)CC2)C1. The first-order valence-corrected chi connectivity index (χ1v) is 5.50. The first kappa shape index (κ1) is 10.7. The lowest BCUT2D eigenvalue weighted by Gasteiger charge is -2.42. The third kappa shape index (κ3) is 2.25. The number of rotatable bonds is 1. The number of amides is 1. The van der Waals surface area contributed by atoms with E-state index in [9.17, 15) is 9.90 Å². The Labute approximate surface area is 90.2 Å². The van der Waals surface area contributed by atoms with E-state index < -0.39 is 11.2 Å². The van der Waals surface area contributed by atoms with E-state index in [1.54, 1.807) is 4.90 Å². The summed E-state index contributed by atoms with van der Waals surface area (Å²) in [6.45, 7) is 6.86. The van der Waals surface area contributed by atoms with Gasteiger partial charge in [-0.25, -0.2) is 4.79 Å². The molecule has 1 N–H and O–H groups in total. The van der Waals surface area contributed by atoms with Gasteiger partial charge in [0.1, 0.15) is 5.60 Å². The minimum Gasteiger partial charge on any atom is -0.444 e. The van der Waals surface area contributed by atoms with Crippen molar-refractivity contribution in [3.63, 3.8) is 0 Å². The van der Waals surface area contributed by atoms with E-state index in [-0.39, 0.29) is 12.0 Å². The smallest absolute Gasteiger partial charge is 0.410 e. The van der Waals surface area contributed by atoms with Crippen LogP contribution in [0.3, 0.4) is 0 Å². The number of carbonyl (C=O) groups excluding carboxylic acids is 1. The molecule has 1 saturated carbocycles. The van der Waals surface area contributed by atoms with Crippen molar-refractivity contribution in [2.24, 2.45) is 5.92 Å². The Bertz CT molecular complexity index is 272. The summed E-state index contributed by atoms with van der Waals surface area (Å²) in [6.07, 6.45) is 1.52. The third-order valence-corrected chi connectivity index (χ3v) is 3.06. The summed E-state index contributed by atoms with van der Waals surface area (Å²) in [7, 11) is 0. The predicted octanol–water partition coefficient (Wildman–Crippen LogP) is 1.38. The van der Waals surface area contributed by atoms with Gasteiger partial charge in [0.25, 0.3) is 0 Å². The van der Waals surface area contributed by atoms with E-state index in [4.69, 9.17) is 4.74 Å². The summed E-state index contributed by atoms with van der Waals surface area (Å²) in [5.41, 5.74) is -0.892. The van der Waals surface area contributed by atoms with Crippen molar-refractivity contribution in [3.05, 3.63) is 0 Å².